The van der Waals surface area contributed by atoms with Crippen molar-refractivity contribution in [1.82, 2.24) is 5.32 Å². The highest BCUT2D eigenvalue weighted by atomic mass is 35.5. The lowest BCUT2D eigenvalue weighted by molar-refractivity contribution is 0.395. The molecule has 21 heavy (non-hydrogen) atoms. The van der Waals surface area contributed by atoms with Crippen LogP contribution in [0.5, 0.6) is 5.75 Å². The van der Waals surface area contributed by atoms with Gasteiger partial charge in [0.15, 0.2) is 0 Å². The topological polar surface area (TPSA) is 21.3 Å². The Kier molecular flexibility index (Phi) is 4.43. The minimum Gasteiger partial charge on any atom is -0.496 e. The number of rotatable bonds is 4. The maximum Gasteiger partial charge on any atom is 0.123 e. The van der Waals surface area contributed by atoms with Crippen LogP contribution in [0, 0.1) is 0 Å². The average Bonchev–Trinajstić information content (AvgIpc) is 2.93. The summed E-state index contributed by atoms with van der Waals surface area (Å²) in [5, 5.41) is 4.19. The van der Waals surface area contributed by atoms with Gasteiger partial charge in [-0.15, -0.1) is 11.8 Å². The van der Waals surface area contributed by atoms with Gasteiger partial charge < -0.3 is 10.1 Å². The van der Waals surface area contributed by atoms with Crippen LogP contribution in [0.4, 0.5) is 0 Å². The minimum absolute atomic E-state index is 0.190. The van der Waals surface area contributed by atoms with Gasteiger partial charge in [-0.1, -0.05) is 29.8 Å². The van der Waals surface area contributed by atoms with Crippen molar-refractivity contribution < 1.29 is 4.74 Å². The maximum absolute atomic E-state index is 6.19. The van der Waals surface area contributed by atoms with E-state index in [2.05, 4.69) is 29.6 Å². The standard InChI is InChI=1S/C17H18ClNOS/c1-19-17(13-9-11(18)7-8-15(13)20-2)14-10-21-16-6-4-3-5-12(14)16/h3-9,14,17,19H,10H2,1-2H3. The Hall–Kier alpha value is -1.16. The van der Waals surface area contributed by atoms with Gasteiger partial charge in [-0.05, 0) is 36.9 Å². The van der Waals surface area contributed by atoms with E-state index in [1.54, 1.807) is 7.11 Å². The Balaban J connectivity index is 2.02. The maximum atomic E-state index is 6.19. The zero-order valence-electron chi connectivity index (χ0n) is 12.1. The second kappa shape index (κ2) is 6.30. The van der Waals surface area contributed by atoms with E-state index in [4.69, 9.17) is 16.3 Å². The Morgan fingerprint density at radius 2 is 2.10 bits per heavy atom. The van der Waals surface area contributed by atoms with Crippen LogP contribution in [0.1, 0.15) is 23.1 Å². The Morgan fingerprint density at radius 3 is 2.86 bits per heavy atom. The molecule has 2 unspecified atom stereocenters. The smallest absolute Gasteiger partial charge is 0.123 e. The van der Waals surface area contributed by atoms with Gasteiger partial charge in [-0.2, -0.15) is 0 Å². The quantitative estimate of drug-likeness (QED) is 0.896. The molecule has 0 fully saturated rings. The molecule has 2 aromatic carbocycles. The van der Waals surface area contributed by atoms with Crippen LogP contribution in [-0.4, -0.2) is 19.9 Å². The molecule has 4 heteroatoms. The predicted molar refractivity (Wildman–Crippen MR) is 89.7 cm³/mol. The highest BCUT2D eigenvalue weighted by Crippen LogP contribution is 2.47. The van der Waals surface area contributed by atoms with Gasteiger partial charge >= 0.3 is 0 Å². The average molecular weight is 320 g/mol. The van der Waals surface area contributed by atoms with E-state index in [-0.39, 0.29) is 6.04 Å². The second-order valence-electron chi connectivity index (χ2n) is 5.11. The van der Waals surface area contributed by atoms with Crippen LogP contribution in [0.3, 0.4) is 0 Å². The molecule has 110 valence electrons. The number of nitrogens with one attached hydrogen (secondary N) is 1. The Bertz CT molecular complexity index is 646. The van der Waals surface area contributed by atoms with E-state index in [1.807, 2.05) is 37.0 Å². The lowest BCUT2D eigenvalue weighted by Gasteiger charge is -2.26. The first-order chi connectivity index (χ1) is 10.2. The summed E-state index contributed by atoms with van der Waals surface area (Å²) in [4.78, 5) is 1.38. The summed E-state index contributed by atoms with van der Waals surface area (Å²) in [7, 11) is 3.70. The van der Waals surface area contributed by atoms with E-state index in [0.717, 1.165) is 22.1 Å². The fourth-order valence-corrected chi connectivity index (χ4v) is 4.46. The van der Waals surface area contributed by atoms with E-state index < -0.39 is 0 Å². The number of fused-ring (bicyclic) bond motifs is 1. The largest absolute Gasteiger partial charge is 0.496 e. The number of hydrogen-bond acceptors (Lipinski definition) is 3. The summed E-state index contributed by atoms with van der Waals surface area (Å²) >= 11 is 8.11. The first kappa shape index (κ1) is 14.8. The van der Waals surface area contributed by atoms with Crippen LogP contribution in [0.15, 0.2) is 47.4 Å². The highest BCUT2D eigenvalue weighted by molar-refractivity contribution is 7.99. The summed E-state index contributed by atoms with van der Waals surface area (Å²) in [6.07, 6.45) is 0. The van der Waals surface area contributed by atoms with Crippen molar-refractivity contribution in [2.24, 2.45) is 0 Å². The number of methoxy groups -OCH3 is 1. The fourth-order valence-electron chi connectivity index (χ4n) is 2.99. The lowest BCUT2D eigenvalue weighted by Crippen LogP contribution is -2.24. The van der Waals surface area contributed by atoms with Crippen molar-refractivity contribution in [2.75, 3.05) is 19.9 Å². The summed E-state index contributed by atoms with van der Waals surface area (Å²) in [6.45, 7) is 0. The zero-order valence-corrected chi connectivity index (χ0v) is 13.7. The van der Waals surface area contributed by atoms with E-state index in [1.165, 1.54) is 10.5 Å². The molecule has 1 N–H and O–H groups in total. The first-order valence-corrected chi connectivity index (χ1v) is 8.33. The molecule has 0 bridgehead atoms. The Morgan fingerprint density at radius 1 is 1.29 bits per heavy atom. The summed E-state index contributed by atoms with van der Waals surface area (Å²) < 4.78 is 5.53. The molecule has 0 saturated heterocycles. The number of ether oxygens (including phenoxy) is 1. The number of thioether (sulfide) groups is 1. The first-order valence-electron chi connectivity index (χ1n) is 6.97. The van der Waals surface area contributed by atoms with Gasteiger partial charge in [0.2, 0.25) is 0 Å². The summed E-state index contributed by atoms with van der Waals surface area (Å²) in [5.74, 6) is 2.37. The molecule has 0 saturated carbocycles. The number of likely N-dealkylation sites (N-methyl/N-ethyl adjacent to an activating group) is 1. The van der Waals surface area contributed by atoms with Crippen molar-refractivity contribution in [1.29, 1.82) is 0 Å². The third kappa shape index (κ3) is 2.78. The molecular formula is C17H18ClNOS. The van der Waals surface area contributed by atoms with Crippen molar-refractivity contribution in [3.05, 3.63) is 58.6 Å². The van der Waals surface area contributed by atoms with Gasteiger partial charge in [0, 0.05) is 33.2 Å². The number of hydrogen-bond donors (Lipinski definition) is 1. The summed E-state index contributed by atoms with van der Waals surface area (Å²) in [6, 6.07) is 14.6. The van der Waals surface area contributed by atoms with E-state index >= 15 is 0 Å². The van der Waals surface area contributed by atoms with Gasteiger partial charge in [0.1, 0.15) is 5.75 Å². The SMILES string of the molecule is CNC(c1cc(Cl)ccc1OC)C1CSc2ccccc21. The van der Waals surface area contributed by atoms with Crippen LogP contribution in [0.25, 0.3) is 0 Å². The van der Waals surface area contributed by atoms with Crippen LogP contribution in [0.2, 0.25) is 5.02 Å². The number of benzene rings is 2. The molecule has 0 radical (unpaired) electrons. The molecule has 3 rings (SSSR count). The van der Waals surface area contributed by atoms with E-state index in [9.17, 15) is 0 Å². The van der Waals surface area contributed by atoms with Crippen molar-refractivity contribution in [3.8, 4) is 5.75 Å². The fraction of sp³-hybridized carbons (Fsp3) is 0.294. The Labute approximate surface area is 134 Å². The molecule has 0 aliphatic carbocycles. The summed E-state index contributed by atoms with van der Waals surface area (Å²) in [5.41, 5.74) is 2.53. The van der Waals surface area contributed by atoms with Gasteiger partial charge in [0.25, 0.3) is 0 Å². The molecule has 0 amide bonds. The molecule has 0 aromatic heterocycles. The third-order valence-electron chi connectivity index (χ3n) is 3.98. The second-order valence-corrected chi connectivity index (χ2v) is 6.61. The molecular weight excluding hydrogens is 302 g/mol. The molecule has 2 atom stereocenters. The van der Waals surface area contributed by atoms with Crippen LogP contribution in [-0.2, 0) is 0 Å². The molecule has 0 spiro atoms. The molecule has 1 aliphatic rings. The zero-order chi connectivity index (χ0) is 14.8. The molecule has 2 aromatic rings. The third-order valence-corrected chi connectivity index (χ3v) is 5.42. The van der Waals surface area contributed by atoms with Gasteiger partial charge in [-0.25, -0.2) is 0 Å². The van der Waals surface area contributed by atoms with E-state index in [0.29, 0.717) is 5.92 Å². The van der Waals surface area contributed by atoms with Crippen LogP contribution >= 0.6 is 23.4 Å². The van der Waals surface area contributed by atoms with Crippen molar-refractivity contribution in [2.45, 2.75) is 16.9 Å². The van der Waals surface area contributed by atoms with Crippen LogP contribution < -0.4 is 10.1 Å². The number of halogens is 1. The van der Waals surface area contributed by atoms with Gasteiger partial charge in [0.05, 0.1) is 7.11 Å². The molecule has 1 heterocycles. The highest BCUT2D eigenvalue weighted by Gasteiger charge is 2.31. The van der Waals surface area contributed by atoms with Crippen molar-refractivity contribution >= 4 is 23.4 Å². The monoisotopic (exact) mass is 319 g/mol. The lowest BCUT2D eigenvalue weighted by atomic mass is 9.88. The van der Waals surface area contributed by atoms with Crippen molar-refractivity contribution in [3.63, 3.8) is 0 Å². The predicted octanol–water partition coefficient (Wildman–Crippen LogP) is 4.50. The molecule has 1 aliphatic heterocycles. The minimum atomic E-state index is 0.190. The molecule has 2 nitrogen and oxygen atoms in total. The van der Waals surface area contributed by atoms with Gasteiger partial charge in [-0.3, -0.25) is 0 Å². The normalized spacial score (nSPS) is 18.3.